The number of benzene rings is 1. The predicted molar refractivity (Wildman–Crippen MR) is 75.9 cm³/mol. The lowest BCUT2D eigenvalue weighted by Gasteiger charge is -2.37. The van der Waals surface area contributed by atoms with E-state index >= 15 is 0 Å². The fourth-order valence-corrected chi connectivity index (χ4v) is 2.93. The largest absolute Gasteiger partial charge is 0.490 e. The molecule has 1 aliphatic carbocycles. The average Bonchev–Trinajstić information content (AvgIpc) is 2.37. The van der Waals surface area contributed by atoms with E-state index in [1.165, 1.54) is 12.1 Å². The average molecular weight is 294 g/mol. The van der Waals surface area contributed by atoms with E-state index in [9.17, 15) is 14.0 Å². The van der Waals surface area contributed by atoms with Crippen molar-refractivity contribution in [2.24, 2.45) is 0 Å². The number of halogens is 2. The first-order valence-electron chi connectivity index (χ1n) is 7.24. The summed E-state index contributed by atoms with van der Waals surface area (Å²) in [7, 11) is 0. The molecular weight excluding hydrogens is 274 g/mol. The predicted octanol–water partition coefficient (Wildman–Crippen LogP) is 3.55. The zero-order valence-corrected chi connectivity index (χ0v) is 12.3. The Balaban J connectivity index is 2.09. The van der Waals surface area contributed by atoms with Crippen molar-refractivity contribution in [2.45, 2.75) is 57.2 Å². The highest BCUT2D eigenvalue weighted by Crippen LogP contribution is 2.31. The van der Waals surface area contributed by atoms with Crippen molar-refractivity contribution < 1.29 is 13.5 Å². The number of rotatable bonds is 4. The highest BCUT2D eigenvalue weighted by Gasteiger charge is 2.37. The summed E-state index contributed by atoms with van der Waals surface area (Å²) >= 11 is 0. The molecule has 21 heavy (non-hydrogen) atoms. The summed E-state index contributed by atoms with van der Waals surface area (Å²) in [6.07, 6.45) is 2.68. The van der Waals surface area contributed by atoms with Gasteiger partial charge in [0.1, 0.15) is 29.0 Å². The third kappa shape index (κ3) is 4.15. The normalized spacial score (nSPS) is 25.6. The molecule has 2 unspecified atom stereocenters. The monoisotopic (exact) mass is 294 g/mol. The van der Waals surface area contributed by atoms with Crippen LogP contribution in [0.5, 0.6) is 5.75 Å². The fourth-order valence-electron chi connectivity index (χ4n) is 2.93. The molecule has 1 saturated carbocycles. The Bertz CT molecular complexity index is 521. The molecule has 1 aliphatic rings. The molecule has 1 N–H and O–H groups in total. The fraction of sp³-hybridized carbons (Fsp3) is 0.562. The maximum Gasteiger partial charge on any atom is 0.129 e. The molecule has 5 heteroatoms. The minimum atomic E-state index is -0.660. The molecule has 0 amide bonds. The van der Waals surface area contributed by atoms with E-state index in [1.807, 2.05) is 13.8 Å². The van der Waals surface area contributed by atoms with Crippen molar-refractivity contribution in [3.05, 3.63) is 29.8 Å². The Hall–Kier alpha value is -1.67. The summed E-state index contributed by atoms with van der Waals surface area (Å²) in [5, 5.41) is 12.8. The third-order valence-corrected chi connectivity index (χ3v) is 3.62. The quantitative estimate of drug-likeness (QED) is 0.923. The van der Waals surface area contributed by atoms with Crippen molar-refractivity contribution in [3.63, 3.8) is 0 Å². The van der Waals surface area contributed by atoms with Gasteiger partial charge in [-0.25, -0.2) is 8.78 Å². The standard InChI is InChI=1S/C16H20F2N2O/c1-11(2)20-16(10-19)5-3-4-14(9-16)21-15-7-12(17)6-13(18)8-15/h6-8,11,14,20H,3-5,9H2,1-2H3. The van der Waals surface area contributed by atoms with Gasteiger partial charge in [0, 0.05) is 30.7 Å². The molecule has 0 heterocycles. The van der Waals surface area contributed by atoms with E-state index in [0.717, 1.165) is 25.3 Å². The van der Waals surface area contributed by atoms with Gasteiger partial charge in [0.25, 0.3) is 0 Å². The molecule has 0 bridgehead atoms. The molecule has 3 nitrogen and oxygen atoms in total. The van der Waals surface area contributed by atoms with Gasteiger partial charge >= 0.3 is 0 Å². The lowest BCUT2D eigenvalue weighted by atomic mass is 9.80. The van der Waals surface area contributed by atoms with Crippen LogP contribution >= 0.6 is 0 Å². The second-order valence-electron chi connectivity index (χ2n) is 5.93. The maximum absolute atomic E-state index is 13.2. The van der Waals surface area contributed by atoms with Crippen LogP contribution in [-0.4, -0.2) is 17.7 Å². The van der Waals surface area contributed by atoms with Crippen LogP contribution in [0.2, 0.25) is 0 Å². The number of hydrogen-bond donors (Lipinski definition) is 1. The molecule has 1 aromatic carbocycles. The van der Waals surface area contributed by atoms with Gasteiger partial charge in [-0.05, 0) is 33.1 Å². The molecule has 1 fully saturated rings. The summed E-state index contributed by atoms with van der Waals surface area (Å²) in [6, 6.07) is 5.69. The van der Waals surface area contributed by atoms with E-state index in [4.69, 9.17) is 4.74 Å². The zero-order chi connectivity index (χ0) is 15.5. The van der Waals surface area contributed by atoms with Crippen LogP contribution < -0.4 is 10.1 Å². The van der Waals surface area contributed by atoms with Gasteiger partial charge in [-0.2, -0.15) is 5.26 Å². The van der Waals surface area contributed by atoms with Crippen LogP contribution in [0, 0.1) is 23.0 Å². The SMILES string of the molecule is CC(C)NC1(C#N)CCCC(Oc2cc(F)cc(F)c2)C1. The van der Waals surface area contributed by atoms with E-state index in [-0.39, 0.29) is 17.9 Å². The molecule has 1 aromatic rings. The molecule has 2 rings (SSSR count). The smallest absolute Gasteiger partial charge is 0.129 e. The van der Waals surface area contributed by atoms with Crippen molar-refractivity contribution >= 4 is 0 Å². The van der Waals surface area contributed by atoms with E-state index in [0.29, 0.717) is 6.42 Å². The highest BCUT2D eigenvalue weighted by molar-refractivity contribution is 5.24. The minimum Gasteiger partial charge on any atom is -0.490 e. The Morgan fingerprint density at radius 1 is 1.33 bits per heavy atom. The lowest BCUT2D eigenvalue weighted by molar-refractivity contribution is 0.108. The van der Waals surface area contributed by atoms with Crippen molar-refractivity contribution in [1.82, 2.24) is 5.32 Å². The topological polar surface area (TPSA) is 45.0 Å². The molecule has 114 valence electrons. The van der Waals surface area contributed by atoms with Crippen LogP contribution in [0.4, 0.5) is 8.78 Å². The van der Waals surface area contributed by atoms with Gasteiger partial charge in [0.15, 0.2) is 0 Å². The lowest BCUT2D eigenvalue weighted by Crippen LogP contribution is -2.52. The second-order valence-corrected chi connectivity index (χ2v) is 5.93. The Kier molecular flexibility index (Phi) is 4.79. The molecule has 0 aromatic heterocycles. The summed E-state index contributed by atoms with van der Waals surface area (Å²) in [5.74, 6) is -1.14. The second kappa shape index (κ2) is 6.40. The van der Waals surface area contributed by atoms with Crippen LogP contribution in [0.1, 0.15) is 39.5 Å². The Labute approximate surface area is 123 Å². The van der Waals surface area contributed by atoms with Gasteiger partial charge in [-0.3, -0.25) is 5.32 Å². The summed E-state index contributed by atoms with van der Waals surface area (Å²) in [5.41, 5.74) is -0.622. The molecule has 0 aliphatic heterocycles. The van der Waals surface area contributed by atoms with Crippen molar-refractivity contribution in [1.29, 1.82) is 5.26 Å². The number of nitrogens with one attached hydrogen (secondary N) is 1. The molecule has 0 radical (unpaired) electrons. The first-order valence-corrected chi connectivity index (χ1v) is 7.24. The first kappa shape index (κ1) is 15.7. The van der Waals surface area contributed by atoms with Crippen LogP contribution in [0.25, 0.3) is 0 Å². The highest BCUT2D eigenvalue weighted by atomic mass is 19.1. The molecule has 2 atom stereocenters. The van der Waals surface area contributed by atoms with Crippen LogP contribution in [-0.2, 0) is 0 Å². The molecular formula is C16H20F2N2O. The third-order valence-electron chi connectivity index (χ3n) is 3.62. The summed E-state index contributed by atoms with van der Waals surface area (Å²) < 4.78 is 32.1. The van der Waals surface area contributed by atoms with Crippen LogP contribution in [0.15, 0.2) is 18.2 Å². The Morgan fingerprint density at radius 3 is 2.57 bits per heavy atom. The number of hydrogen-bond acceptors (Lipinski definition) is 3. The molecule has 0 spiro atoms. The van der Waals surface area contributed by atoms with Crippen LogP contribution in [0.3, 0.4) is 0 Å². The number of nitrogens with zero attached hydrogens (tertiary/aromatic N) is 1. The number of nitriles is 1. The summed E-state index contributed by atoms with van der Waals surface area (Å²) in [4.78, 5) is 0. The minimum absolute atomic E-state index is 0.177. The van der Waals surface area contributed by atoms with Gasteiger partial charge in [0.05, 0.1) is 6.07 Å². The van der Waals surface area contributed by atoms with Gasteiger partial charge in [0.2, 0.25) is 0 Å². The maximum atomic E-state index is 13.2. The van der Waals surface area contributed by atoms with Gasteiger partial charge in [-0.1, -0.05) is 0 Å². The van der Waals surface area contributed by atoms with E-state index in [1.54, 1.807) is 0 Å². The van der Waals surface area contributed by atoms with Gasteiger partial charge in [-0.15, -0.1) is 0 Å². The molecule has 0 saturated heterocycles. The van der Waals surface area contributed by atoms with E-state index in [2.05, 4.69) is 11.4 Å². The number of ether oxygens (including phenoxy) is 1. The van der Waals surface area contributed by atoms with Crippen molar-refractivity contribution in [3.8, 4) is 11.8 Å². The summed E-state index contributed by atoms with van der Waals surface area (Å²) in [6.45, 7) is 3.98. The Morgan fingerprint density at radius 2 is 2.00 bits per heavy atom. The van der Waals surface area contributed by atoms with Gasteiger partial charge < -0.3 is 4.74 Å². The first-order chi connectivity index (χ1) is 9.92. The van der Waals surface area contributed by atoms with Crippen molar-refractivity contribution in [2.75, 3.05) is 0 Å². The zero-order valence-electron chi connectivity index (χ0n) is 12.3. The van der Waals surface area contributed by atoms with E-state index < -0.39 is 17.2 Å².